The number of nitrogens with one attached hydrogen (secondary N) is 1. The number of hydrogen-bond acceptors (Lipinski definition) is 3. The minimum atomic E-state index is -0.437. The fraction of sp³-hybridized carbons (Fsp3) is 0.667. The summed E-state index contributed by atoms with van der Waals surface area (Å²) in [5.74, 6) is 0. The highest BCUT2D eigenvalue weighted by molar-refractivity contribution is 5.67. The fourth-order valence-corrected chi connectivity index (χ4v) is 2.45. The van der Waals surface area contributed by atoms with Crippen molar-refractivity contribution in [1.29, 1.82) is 0 Å². The molecule has 5 heteroatoms. The number of carbonyl (C=O) groups is 1. The van der Waals surface area contributed by atoms with Crippen LogP contribution in [0.1, 0.15) is 32.0 Å². The Balaban J connectivity index is 1.74. The standard InChI is InChI=1S/C15H25N3O2/c1-15(2,3)20-14(19)16-7-10-18-9-6-12-5-8-17(4)13(12)11-18/h5,8H,6-7,9-11H2,1-4H3,(H,16,19). The molecule has 0 radical (unpaired) electrons. The summed E-state index contributed by atoms with van der Waals surface area (Å²) in [6.07, 6.45) is 2.87. The van der Waals surface area contributed by atoms with Crippen LogP contribution in [-0.4, -0.2) is 40.8 Å². The van der Waals surface area contributed by atoms with Gasteiger partial charge in [0, 0.05) is 45.1 Å². The predicted octanol–water partition coefficient (Wildman–Crippen LogP) is 1.91. The molecule has 0 saturated carbocycles. The molecule has 112 valence electrons. The molecular weight excluding hydrogens is 254 g/mol. The molecule has 1 N–H and O–H groups in total. The third kappa shape index (κ3) is 4.00. The number of carbonyl (C=O) groups excluding carboxylic acids is 1. The largest absolute Gasteiger partial charge is 0.444 e. The highest BCUT2D eigenvalue weighted by atomic mass is 16.6. The van der Waals surface area contributed by atoms with Gasteiger partial charge in [0.05, 0.1) is 0 Å². The number of amides is 1. The molecular formula is C15H25N3O2. The Morgan fingerprint density at radius 2 is 2.20 bits per heavy atom. The Morgan fingerprint density at radius 3 is 2.90 bits per heavy atom. The minimum Gasteiger partial charge on any atom is -0.444 e. The van der Waals surface area contributed by atoms with Crippen LogP contribution in [0.4, 0.5) is 4.79 Å². The quantitative estimate of drug-likeness (QED) is 0.919. The minimum absolute atomic E-state index is 0.339. The van der Waals surface area contributed by atoms with Gasteiger partial charge in [0.2, 0.25) is 0 Å². The molecule has 1 aliphatic rings. The first-order valence-corrected chi connectivity index (χ1v) is 7.17. The van der Waals surface area contributed by atoms with Gasteiger partial charge in [0.25, 0.3) is 0 Å². The number of aryl methyl sites for hydroxylation is 1. The SMILES string of the molecule is Cn1ccc2c1CN(CCNC(=O)OC(C)(C)C)CC2. The van der Waals surface area contributed by atoms with Gasteiger partial charge in [0.15, 0.2) is 0 Å². The topological polar surface area (TPSA) is 46.5 Å². The molecule has 0 aromatic carbocycles. The molecule has 2 rings (SSSR count). The Hall–Kier alpha value is -1.49. The number of ether oxygens (including phenoxy) is 1. The number of fused-ring (bicyclic) bond motifs is 1. The maximum atomic E-state index is 11.6. The van der Waals surface area contributed by atoms with Crippen molar-refractivity contribution in [3.63, 3.8) is 0 Å². The molecule has 0 atom stereocenters. The Morgan fingerprint density at radius 1 is 1.45 bits per heavy atom. The molecule has 2 heterocycles. The highest BCUT2D eigenvalue weighted by Crippen LogP contribution is 2.18. The molecule has 0 bridgehead atoms. The molecule has 0 saturated heterocycles. The van der Waals surface area contributed by atoms with E-state index >= 15 is 0 Å². The number of hydrogen-bond donors (Lipinski definition) is 1. The first-order valence-electron chi connectivity index (χ1n) is 7.17. The number of alkyl carbamates (subject to hydrolysis) is 1. The molecule has 1 aromatic rings. The van der Waals surface area contributed by atoms with Crippen LogP contribution in [0.5, 0.6) is 0 Å². The summed E-state index contributed by atoms with van der Waals surface area (Å²) in [5, 5.41) is 2.81. The van der Waals surface area contributed by atoms with E-state index in [4.69, 9.17) is 4.74 Å². The van der Waals surface area contributed by atoms with Crippen LogP contribution in [0.3, 0.4) is 0 Å². The normalized spacial score (nSPS) is 15.8. The lowest BCUT2D eigenvalue weighted by Gasteiger charge is -2.28. The Labute approximate surface area is 120 Å². The second kappa shape index (κ2) is 5.87. The van der Waals surface area contributed by atoms with Crippen LogP contribution in [0.25, 0.3) is 0 Å². The summed E-state index contributed by atoms with van der Waals surface area (Å²) < 4.78 is 7.40. The monoisotopic (exact) mass is 279 g/mol. The van der Waals surface area contributed by atoms with Crippen LogP contribution in [0.15, 0.2) is 12.3 Å². The van der Waals surface area contributed by atoms with Gasteiger partial charge in [0.1, 0.15) is 5.60 Å². The summed E-state index contributed by atoms with van der Waals surface area (Å²) in [6.45, 7) is 9.08. The highest BCUT2D eigenvalue weighted by Gasteiger charge is 2.19. The summed E-state index contributed by atoms with van der Waals surface area (Å²) >= 11 is 0. The lowest BCUT2D eigenvalue weighted by molar-refractivity contribution is 0.0521. The molecule has 1 amide bonds. The first kappa shape index (κ1) is 14.9. The summed E-state index contributed by atoms with van der Waals surface area (Å²) in [5.41, 5.74) is 2.39. The van der Waals surface area contributed by atoms with E-state index in [1.807, 2.05) is 20.8 Å². The van der Waals surface area contributed by atoms with Crippen LogP contribution in [-0.2, 0) is 24.8 Å². The third-order valence-electron chi connectivity index (χ3n) is 3.46. The van der Waals surface area contributed by atoms with Gasteiger partial charge in [-0.15, -0.1) is 0 Å². The van der Waals surface area contributed by atoms with E-state index in [2.05, 4.69) is 34.1 Å². The van der Waals surface area contributed by atoms with E-state index in [0.29, 0.717) is 6.54 Å². The Kier molecular flexibility index (Phi) is 4.38. The first-order chi connectivity index (χ1) is 9.35. The van der Waals surface area contributed by atoms with E-state index in [1.54, 1.807) is 0 Å². The van der Waals surface area contributed by atoms with Crippen LogP contribution in [0.2, 0.25) is 0 Å². The predicted molar refractivity (Wildman–Crippen MR) is 78.6 cm³/mol. The zero-order chi connectivity index (χ0) is 14.8. The Bertz CT molecular complexity index is 474. The lowest BCUT2D eigenvalue weighted by Crippen LogP contribution is -2.40. The molecule has 1 aliphatic heterocycles. The van der Waals surface area contributed by atoms with Crippen molar-refractivity contribution in [2.45, 2.75) is 39.3 Å². The van der Waals surface area contributed by atoms with Crippen molar-refractivity contribution in [1.82, 2.24) is 14.8 Å². The zero-order valence-corrected chi connectivity index (χ0v) is 12.9. The van der Waals surface area contributed by atoms with Crippen LogP contribution in [0, 0.1) is 0 Å². The van der Waals surface area contributed by atoms with E-state index in [-0.39, 0.29) is 6.09 Å². The molecule has 0 spiro atoms. The number of nitrogens with zero attached hydrogens (tertiary/aromatic N) is 2. The van der Waals surface area contributed by atoms with Crippen molar-refractivity contribution < 1.29 is 9.53 Å². The molecule has 0 unspecified atom stereocenters. The van der Waals surface area contributed by atoms with E-state index in [9.17, 15) is 4.79 Å². The second-order valence-corrected chi connectivity index (χ2v) is 6.35. The van der Waals surface area contributed by atoms with Crippen LogP contribution >= 0.6 is 0 Å². The average Bonchev–Trinajstić information content (AvgIpc) is 2.69. The molecule has 20 heavy (non-hydrogen) atoms. The van der Waals surface area contributed by atoms with E-state index in [0.717, 1.165) is 26.1 Å². The van der Waals surface area contributed by atoms with Gasteiger partial charge in [-0.3, -0.25) is 4.90 Å². The van der Waals surface area contributed by atoms with Gasteiger partial charge < -0.3 is 14.6 Å². The summed E-state index contributed by atoms with van der Waals surface area (Å²) in [7, 11) is 2.08. The summed E-state index contributed by atoms with van der Waals surface area (Å²) in [4.78, 5) is 13.9. The maximum absolute atomic E-state index is 11.6. The van der Waals surface area contributed by atoms with E-state index in [1.165, 1.54) is 11.3 Å². The number of rotatable bonds is 3. The third-order valence-corrected chi connectivity index (χ3v) is 3.46. The molecule has 0 aliphatic carbocycles. The van der Waals surface area contributed by atoms with Gasteiger partial charge in [-0.25, -0.2) is 4.79 Å². The van der Waals surface area contributed by atoms with Crippen molar-refractivity contribution in [2.24, 2.45) is 7.05 Å². The molecule has 1 aromatic heterocycles. The van der Waals surface area contributed by atoms with Gasteiger partial charge in [-0.2, -0.15) is 0 Å². The number of aromatic nitrogens is 1. The van der Waals surface area contributed by atoms with E-state index < -0.39 is 5.60 Å². The van der Waals surface area contributed by atoms with Gasteiger partial charge in [-0.05, 0) is 38.8 Å². The van der Waals surface area contributed by atoms with Crippen LogP contribution < -0.4 is 5.32 Å². The second-order valence-electron chi connectivity index (χ2n) is 6.35. The summed E-state index contributed by atoms with van der Waals surface area (Å²) in [6, 6.07) is 2.20. The molecule has 0 fully saturated rings. The maximum Gasteiger partial charge on any atom is 0.407 e. The van der Waals surface area contributed by atoms with Crippen molar-refractivity contribution in [2.75, 3.05) is 19.6 Å². The van der Waals surface area contributed by atoms with Crippen molar-refractivity contribution in [3.05, 3.63) is 23.5 Å². The smallest absolute Gasteiger partial charge is 0.407 e. The van der Waals surface area contributed by atoms with Crippen molar-refractivity contribution >= 4 is 6.09 Å². The van der Waals surface area contributed by atoms with Gasteiger partial charge >= 0.3 is 6.09 Å². The fourth-order valence-electron chi connectivity index (χ4n) is 2.45. The van der Waals surface area contributed by atoms with Gasteiger partial charge in [-0.1, -0.05) is 0 Å². The lowest BCUT2D eigenvalue weighted by atomic mass is 10.1. The average molecular weight is 279 g/mol. The molecule has 5 nitrogen and oxygen atoms in total. The zero-order valence-electron chi connectivity index (χ0n) is 12.9. The van der Waals surface area contributed by atoms with Crippen molar-refractivity contribution in [3.8, 4) is 0 Å².